The zero-order valence-electron chi connectivity index (χ0n) is 15.5. The van der Waals surface area contributed by atoms with E-state index in [0.717, 1.165) is 16.8 Å². The maximum Gasteiger partial charge on any atom is 0.331 e. The van der Waals surface area contributed by atoms with Crippen molar-refractivity contribution < 1.29 is 19.7 Å². The number of hydrogen-bond donors (Lipinski definition) is 2. The number of esters is 1. The predicted octanol–water partition coefficient (Wildman–Crippen LogP) is 2.78. The average molecular weight is 347 g/mol. The van der Waals surface area contributed by atoms with Crippen LogP contribution in [-0.4, -0.2) is 48.1 Å². The van der Waals surface area contributed by atoms with Crippen LogP contribution in [0.4, 0.5) is 5.69 Å². The van der Waals surface area contributed by atoms with Crippen LogP contribution < -0.4 is 4.90 Å². The Kier molecular flexibility index (Phi) is 8.38. The summed E-state index contributed by atoms with van der Waals surface area (Å²) >= 11 is 0. The number of nitrogens with zero attached hydrogens (tertiary/aromatic N) is 1. The number of carbonyl (C=O) groups excluding carboxylic acids is 1. The highest BCUT2D eigenvalue weighted by molar-refractivity contribution is 5.83. The van der Waals surface area contributed by atoms with Gasteiger partial charge in [0.2, 0.25) is 0 Å². The molecule has 0 amide bonds. The van der Waals surface area contributed by atoms with Gasteiger partial charge in [0.15, 0.2) is 0 Å². The molecule has 0 saturated heterocycles. The van der Waals surface area contributed by atoms with E-state index >= 15 is 0 Å². The molecule has 0 saturated carbocycles. The van der Waals surface area contributed by atoms with Gasteiger partial charge in [-0.3, -0.25) is 0 Å². The molecule has 25 heavy (non-hydrogen) atoms. The number of rotatable bonds is 8. The van der Waals surface area contributed by atoms with Crippen LogP contribution in [0.25, 0.3) is 6.08 Å². The summed E-state index contributed by atoms with van der Waals surface area (Å²) in [7, 11) is 0. The van der Waals surface area contributed by atoms with Crippen LogP contribution in [0.3, 0.4) is 0 Å². The van der Waals surface area contributed by atoms with Crippen molar-refractivity contribution in [3.63, 3.8) is 0 Å². The van der Waals surface area contributed by atoms with Crippen LogP contribution in [0.5, 0.6) is 0 Å². The minimum Gasteiger partial charge on any atom is -0.457 e. The van der Waals surface area contributed by atoms with Gasteiger partial charge in [-0.15, -0.1) is 0 Å². The van der Waals surface area contributed by atoms with Crippen LogP contribution in [0.2, 0.25) is 0 Å². The topological polar surface area (TPSA) is 70.0 Å². The third kappa shape index (κ3) is 8.52. The Labute approximate surface area is 150 Å². The second kappa shape index (κ2) is 10.0. The molecule has 0 aromatic heterocycles. The van der Waals surface area contributed by atoms with Crippen LogP contribution >= 0.6 is 0 Å². The largest absolute Gasteiger partial charge is 0.457 e. The normalized spacial score (nSPS) is 12.5. The number of aliphatic hydroxyl groups is 2. The third-order valence-corrected chi connectivity index (χ3v) is 3.28. The second-order valence-electron chi connectivity index (χ2n) is 6.78. The van der Waals surface area contributed by atoms with E-state index < -0.39 is 5.60 Å². The number of carbonyl (C=O) groups is 1. The number of aliphatic hydroxyl groups excluding tert-OH is 2. The molecule has 0 bridgehead atoms. The lowest BCUT2D eigenvalue weighted by Gasteiger charge is -2.22. The number of benzene rings is 1. The van der Waals surface area contributed by atoms with Crippen molar-refractivity contribution in [2.24, 2.45) is 0 Å². The molecule has 0 aliphatic heterocycles. The maximum atomic E-state index is 11.7. The van der Waals surface area contributed by atoms with E-state index in [-0.39, 0.29) is 19.2 Å². The van der Waals surface area contributed by atoms with Gasteiger partial charge in [-0.05, 0) is 45.4 Å². The molecule has 0 spiro atoms. The first-order chi connectivity index (χ1) is 11.7. The van der Waals surface area contributed by atoms with Gasteiger partial charge in [0.25, 0.3) is 0 Å². The Morgan fingerprint density at radius 3 is 2.12 bits per heavy atom. The van der Waals surface area contributed by atoms with E-state index in [9.17, 15) is 4.79 Å². The molecule has 5 heteroatoms. The van der Waals surface area contributed by atoms with Crippen LogP contribution in [0.1, 0.15) is 33.3 Å². The van der Waals surface area contributed by atoms with Gasteiger partial charge in [0, 0.05) is 24.9 Å². The first-order valence-electron chi connectivity index (χ1n) is 8.41. The van der Waals surface area contributed by atoms with Crippen molar-refractivity contribution >= 4 is 17.7 Å². The summed E-state index contributed by atoms with van der Waals surface area (Å²) in [5.41, 5.74) is 2.38. The fourth-order valence-corrected chi connectivity index (χ4v) is 2.24. The van der Waals surface area contributed by atoms with Crippen LogP contribution in [0.15, 0.2) is 42.0 Å². The molecule has 1 aromatic carbocycles. The zero-order valence-corrected chi connectivity index (χ0v) is 15.5. The molecule has 5 nitrogen and oxygen atoms in total. The summed E-state index contributed by atoms with van der Waals surface area (Å²) in [5, 5.41) is 18.2. The first-order valence-corrected chi connectivity index (χ1v) is 8.41. The minimum absolute atomic E-state index is 0.0379. The summed E-state index contributed by atoms with van der Waals surface area (Å²) in [5.74, 6) is -0.362. The molecule has 138 valence electrons. The van der Waals surface area contributed by atoms with Crippen molar-refractivity contribution in [3.05, 3.63) is 47.6 Å². The molecule has 1 aromatic rings. The van der Waals surface area contributed by atoms with Crippen molar-refractivity contribution in [1.82, 2.24) is 0 Å². The predicted molar refractivity (Wildman–Crippen MR) is 101 cm³/mol. The monoisotopic (exact) mass is 347 g/mol. The third-order valence-electron chi connectivity index (χ3n) is 3.28. The van der Waals surface area contributed by atoms with E-state index in [0.29, 0.717) is 13.1 Å². The highest BCUT2D eigenvalue weighted by Crippen LogP contribution is 2.17. The van der Waals surface area contributed by atoms with Crippen molar-refractivity contribution in [3.8, 4) is 0 Å². The molecule has 0 unspecified atom stereocenters. The van der Waals surface area contributed by atoms with Crippen molar-refractivity contribution in [1.29, 1.82) is 0 Å². The Hall–Kier alpha value is -2.11. The van der Waals surface area contributed by atoms with Gasteiger partial charge < -0.3 is 19.8 Å². The summed E-state index contributed by atoms with van der Waals surface area (Å²) in [6, 6.07) is 7.81. The zero-order chi connectivity index (χ0) is 18.9. The summed E-state index contributed by atoms with van der Waals surface area (Å²) < 4.78 is 5.23. The SMILES string of the molecule is CC(/C=C/C(=O)OC(C)(C)C)=C\c1ccc(N(CCO)CCO)cc1. The summed E-state index contributed by atoms with van der Waals surface area (Å²) in [6.07, 6.45) is 5.12. The van der Waals surface area contributed by atoms with Gasteiger partial charge in [-0.25, -0.2) is 4.79 Å². The van der Waals surface area contributed by atoms with Gasteiger partial charge in [-0.2, -0.15) is 0 Å². The number of ether oxygens (including phenoxy) is 1. The molecule has 1 rings (SSSR count). The van der Waals surface area contributed by atoms with Crippen LogP contribution in [-0.2, 0) is 9.53 Å². The highest BCUT2D eigenvalue weighted by Gasteiger charge is 2.13. The molecular weight excluding hydrogens is 318 g/mol. The van der Waals surface area contributed by atoms with Gasteiger partial charge in [-0.1, -0.05) is 29.9 Å². The van der Waals surface area contributed by atoms with Crippen molar-refractivity contribution in [2.75, 3.05) is 31.2 Å². The lowest BCUT2D eigenvalue weighted by molar-refractivity contribution is -0.148. The summed E-state index contributed by atoms with van der Waals surface area (Å²) in [6.45, 7) is 8.45. The molecule has 2 N–H and O–H groups in total. The maximum absolute atomic E-state index is 11.7. The first kappa shape index (κ1) is 20.9. The fraction of sp³-hybridized carbons (Fsp3) is 0.450. The summed E-state index contributed by atoms with van der Waals surface area (Å²) in [4.78, 5) is 13.6. The smallest absolute Gasteiger partial charge is 0.331 e. The van der Waals surface area contributed by atoms with Crippen molar-refractivity contribution in [2.45, 2.75) is 33.3 Å². The molecule has 0 atom stereocenters. The Morgan fingerprint density at radius 1 is 1.08 bits per heavy atom. The minimum atomic E-state index is -0.496. The number of anilines is 1. The van der Waals surface area contributed by atoms with Gasteiger partial charge >= 0.3 is 5.97 Å². The highest BCUT2D eigenvalue weighted by atomic mass is 16.6. The van der Waals surface area contributed by atoms with Crippen LogP contribution in [0, 0.1) is 0 Å². The van der Waals surface area contributed by atoms with E-state index in [2.05, 4.69) is 0 Å². The second-order valence-corrected chi connectivity index (χ2v) is 6.78. The molecule has 0 aliphatic carbocycles. The fourth-order valence-electron chi connectivity index (χ4n) is 2.24. The average Bonchev–Trinajstić information content (AvgIpc) is 2.52. The van der Waals surface area contributed by atoms with Gasteiger partial charge in [0.05, 0.1) is 13.2 Å². The van der Waals surface area contributed by atoms with E-state index in [1.165, 1.54) is 6.08 Å². The Balaban J connectivity index is 2.75. The number of hydrogen-bond acceptors (Lipinski definition) is 5. The van der Waals surface area contributed by atoms with Gasteiger partial charge in [0.1, 0.15) is 5.60 Å². The Bertz CT molecular complexity index is 591. The van der Waals surface area contributed by atoms with E-state index in [1.807, 2.05) is 62.9 Å². The lowest BCUT2D eigenvalue weighted by Crippen LogP contribution is -2.29. The molecule has 0 heterocycles. The molecule has 0 fully saturated rings. The molecule has 0 radical (unpaired) electrons. The number of allylic oxidation sites excluding steroid dienone is 2. The van der Waals surface area contributed by atoms with E-state index in [4.69, 9.17) is 14.9 Å². The Morgan fingerprint density at radius 2 is 1.64 bits per heavy atom. The van der Waals surface area contributed by atoms with E-state index in [1.54, 1.807) is 6.08 Å². The lowest BCUT2D eigenvalue weighted by atomic mass is 10.1. The quantitative estimate of drug-likeness (QED) is 0.430. The standard InChI is InChI=1S/C20H29NO4/c1-16(5-10-19(24)25-20(2,3)4)15-17-6-8-18(9-7-17)21(11-13-22)12-14-23/h5-10,15,22-23H,11-14H2,1-4H3/b10-5+,16-15+. The molecule has 0 aliphatic rings. The molecular formula is C20H29NO4.